The molecular weight excluding hydrogens is 281 g/mol. The monoisotopic (exact) mass is 305 g/mol. The molecule has 2 fully saturated rings. The van der Waals surface area contributed by atoms with Crippen molar-refractivity contribution in [2.24, 2.45) is 0 Å². The number of hydrogen-bond donors (Lipinski definition) is 1. The second kappa shape index (κ2) is 6.75. The first-order chi connectivity index (χ1) is 10.6. The minimum absolute atomic E-state index is 0.0584. The van der Waals surface area contributed by atoms with Crippen LogP contribution in [-0.4, -0.2) is 54.0 Å². The fourth-order valence-electron chi connectivity index (χ4n) is 2.92. The molecule has 1 aliphatic heterocycles. The topological polar surface area (TPSA) is 35.6 Å². The first-order valence-electron chi connectivity index (χ1n) is 8.13. The summed E-state index contributed by atoms with van der Waals surface area (Å²) < 4.78 is 13.2. The molecule has 1 amide bonds. The van der Waals surface area contributed by atoms with Gasteiger partial charge in [0.1, 0.15) is 5.82 Å². The average Bonchev–Trinajstić information content (AvgIpc) is 3.31. The van der Waals surface area contributed by atoms with E-state index in [4.69, 9.17) is 0 Å². The van der Waals surface area contributed by atoms with Crippen molar-refractivity contribution >= 4 is 5.91 Å². The van der Waals surface area contributed by atoms with E-state index in [1.165, 1.54) is 6.07 Å². The van der Waals surface area contributed by atoms with Crippen molar-refractivity contribution < 1.29 is 9.18 Å². The molecule has 1 aromatic rings. The molecule has 120 valence electrons. The molecule has 1 saturated heterocycles. The molecule has 0 bridgehead atoms. The van der Waals surface area contributed by atoms with Crippen LogP contribution in [0.1, 0.15) is 25.3 Å². The van der Waals surface area contributed by atoms with Crippen molar-refractivity contribution in [2.45, 2.75) is 38.4 Å². The van der Waals surface area contributed by atoms with E-state index in [1.54, 1.807) is 12.1 Å². The smallest absolute Gasteiger partial charge is 0.237 e. The quantitative estimate of drug-likeness (QED) is 0.898. The second-order valence-corrected chi connectivity index (χ2v) is 6.40. The third-order valence-electron chi connectivity index (χ3n) is 4.55. The molecular formula is C17H24FN3O. The van der Waals surface area contributed by atoms with E-state index in [-0.39, 0.29) is 17.8 Å². The summed E-state index contributed by atoms with van der Waals surface area (Å²) in [7, 11) is 0. The Bertz CT molecular complexity index is 524. The first kappa shape index (κ1) is 15.4. The molecule has 2 aliphatic rings. The maximum absolute atomic E-state index is 13.2. The van der Waals surface area contributed by atoms with Crippen LogP contribution in [0.2, 0.25) is 0 Å². The normalized spacial score (nSPS) is 21.5. The van der Waals surface area contributed by atoms with Gasteiger partial charge in [-0.2, -0.15) is 0 Å². The van der Waals surface area contributed by atoms with Gasteiger partial charge in [0.25, 0.3) is 0 Å². The molecule has 0 spiro atoms. The van der Waals surface area contributed by atoms with Crippen LogP contribution < -0.4 is 5.32 Å². The fraction of sp³-hybridized carbons (Fsp3) is 0.588. The highest BCUT2D eigenvalue weighted by atomic mass is 19.1. The van der Waals surface area contributed by atoms with Crippen molar-refractivity contribution in [3.05, 3.63) is 35.6 Å². The molecule has 1 aromatic carbocycles. The lowest BCUT2D eigenvalue weighted by Gasteiger charge is -2.37. The van der Waals surface area contributed by atoms with E-state index < -0.39 is 0 Å². The van der Waals surface area contributed by atoms with E-state index >= 15 is 0 Å². The van der Waals surface area contributed by atoms with Gasteiger partial charge in [-0.25, -0.2) is 4.39 Å². The summed E-state index contributed by atoms with van der Waals surface area (Å²) in [6.07, 6.45) is 2.25. The van der Waals surface area contributed by atoms with Crippen LogP contribution in [-0.2, 0) is 11.3 Å². The molecule has 1 N–H and O–H groups in total. The summed E-state index contributed by atoms with van der Waals surface area (Å²) in [6, 6.07) is 7.15. The number of nitrogens with one attached hydrogen (secondary N) is 1. The van der Waals surface area contributed by atoms with Gasteiger partial charge in [0.15, 0.2) is 0 Å². The SMILES string of the molecule is CC(C(=O)NC1CC1)N1CCN(Cc2cccc(F)c2)CC1. The lowest BCUT2D eigenvalue weighted by Crippen LogP contribution is -2.53. The number of amides is 1. The highest BCUT2D eigenvalue weighted by Gasteiger charge is 2.29. The van der Waals surface area contributed by atoms with E-state index in [2.05, 4.69) is 15.1 Å². The Morgan fingerprint density at radius 3 is 2.68 bits per heavy atom. The highest BCUT2D eigenvalue weighted by Crippen LogP contribution is 2.19. The molecule has 1 aliphatic carbocycles. The average molecular weight is 305 g/mol. The maximum atomic E-state index is 13.2. The van der Waals surface area contributed by atoms with Gasteiger partial charge in [0.2, 0.25) is 5.91 Å². The van der Waals surface area contributed by atoms with E-state index in [1.807, 2.05) is 13.0 Å². The molecule has 0 radical (unpaired) electrons. The summed E-state index contributed by atoms with van der Waals surface area (Å²) in [5.74, 6) is -0.0254. The van der Waals surface area contributed by atoms with E-state index in [9.17, 15) is 9.18 Å². The summed E-state index contributed by atoms with van der Waals surface area (Å²) in [4.78, 5) is 16.6. The Kier molecular flexibility index (Phi) is 4.74. The second-order valence-electron chi connectivity index (χ2n) is 6.40. The number of benzene rings is 1. The zero-order chi connectivity index (χ0) is 15.5. The van der Waals surface area contributed by atoms with Gasteiger partial charge in [-0.05, 0) is 37.5 Å². The highest BCUT2D eigenvalue weighted by molar-refractivity contribution is 5.81. The Morgan fingerprint density at radius 2 is 2.05 bits per heavy atom. The molecule has 5 heteroatoms. The summed E-state index contributed by atoms with van der Waals surface area (Å²) >= 11 is 0. The minimum atomic E-state index is -0.179. The third-order valence-corrected chi connectivity index (χ3v) is 4.55. The minimum Gasteiger partial charge on any atom is -0.352 e. The number of carbonyl (C=O) groups excluding carboxylic acids is 1. The molecule has 3 rings (SSSR count). The van der Waals surface area contributed by atoms with Crippen molar-refractivity contribution in [3.8, 4) is 0 Å². The zero-order valence-corrected chi connectivity index (χ0v) is 13.1. The molecule has 1 heterocycles. The van der Waals surface area contributed by atoms with Crippen LogP contribution in [0.4, 0.5) is 4.39 Å². The van der Waals surface area contributed by atoms with Crippen molar-refractivity contribution in [3.63, 3.8) is 0 Å². The number of nitrogens with zero attached hydrogens (tertiary/aromatic N) is 2. The number of halogens is 1. The lowest BCUT2D eigenvalue weighted by molar-refractivity contribution is -0.126. The largest absolute Gasteiger partial charge is 0.352 e. The van der Waals surface area contributed by atoms with E-state index in [0.717, 1.165) is 51.1 Å². The fourth-order valence-corrected chi connectivity index (χ4v) is 2.92. The van der Waals surface area contributed by atoms with Gasteiger partial charge in [-0.3, -0.25) is 14.6 Å². The summed E-state index contributed by atoms with van der Waals surface area (Å²) in [5.41, 5.74) is 1.01. The van der Waals surface area contributed by atoms with Gasteiger partial charge < -0.3 is 5.32 Å². The van der Waals surface area contributed by atoms with Gasteiger partial charge in [0.05, 0.1) is 6.04 Å². The number of piperazine rings is 1. The van der Waals surface area contributed by atoms with Crippen LogP contribution in [0.25, 0.3) is 0 Å². The number of carbonyl (C=O) groups is 1. The maximum Gasteiger partial charge on any atom is 0.237 e. The third kappa shape index (κ3) is 4.05. The van der Waals surface area contributed by atoms with Crippen molar-refractivity contribution in [1.29, 1.82) is 0 Å². The molecule has 1 saturated carbocycles. The van der Waals surface area contributed by atoms with Gasteiger partial charge in [-0.1, -0.05) is 12.1 Å². The Balaban J connectivity index is 1.46. The predicted octanol–water partition coefficient (Wildman–Crippen LogP) is 1.61. The predicted molar refractivity (Wildman–Crippen MR) is 83.9 cm³/mol. The summed E-state index contributed by atoms with van der Waals surface area (Å²) in [6.45, 7) is 6.35. The molecule has 22 heavy (non-hydrogen) atoms. The van der Waals surface area contributed by atoms with Crippen LogP contribution in [0.5, 0.6) is 0 Å². The van der Waals surface area contributed by atoms with Crippen molar-refractivity contribution in [1.82, 2.24) is 15.1 Å². The van der Waals surface area contributed by atoms with E-state index in [0.29, 0.717) is 6.04 Å². The molecule has 0 aromatic heterocycles. The van der Waals surface area contributed by atoms with Crippen LogP contribution in [0.15, 0.2) is 24.3 Å². The van der Waals surface area contributed by atoms with Crippen LogP contribution in [0, 0.1) is 5.82 Å². The van der Waals surface area contributed by atoms with Gasteiger partial charge in [-0.15, -0.1) is 0 Å². The van der Waals surface area contributed by atoms with Crippen LogP contribution in [0.3, 0.4) is 0 Å². The zero-order valence-electron chi connectivity index (χ0n) is 13.1. The summed E-state index contributed by atoms with van der Waals surface area (Å²) in [5, 5.41) is 3.07. The van der Waals surface area contributed by atoms with Gasteiger partial charge in [0, 0.05) is 38.8 Å². The Hall–Kier alpha value is -1.46. The standard InChI is InChI=1S/C17H24FN3O/c1-13(17(22)19-16-5-6-16)21-9-7-20(8-10-21)12-14-3-2-4-15(18)11-14/h2-4,11,13,16H,5-10,12H2,1H3,(H,19,22). The van der Waals surface area contributed by atoms with Gasteiger partial charge >= 0.3 is 0 Å². The number of hydrogen-bond acceptors (Lipinski definition) is 3. The number of rotatable bonds is 5. The molecule has 4 nitrogen and oxygen atoms in total. The molecule has 1 unspecified atom stereocenters. The van der Waals surface area contributed by atoms with Crippen molar-refractivity contribution in [2.75, 3.05) is 26.2 Å². The Morgan fingerprint density at radius 1 is 1.32 bits per heavy atom. The van der Waals surface area contributed by atoms with Crippen LogP contribution >= 0.6 is 0 Å². The Labute approximate surface area is 131 Å². The first-order valence-corrected chi connectivity index (χ1v) is 8.13. The lowest BCUT2D eigenvalue weighted by atomic mass is 10.1. The molecule has 1 atom stereocenters.